The normalized spacial score (nSPS) is 11.8. The van der Waals surface area contributed by atoms with E-state index in [9.17, 15) is 26.4 Å². The second kappa shape index (κ2) is 8.27. The molecule has 0 saturated heterocycles. The Bertz CT molecular complexity index is 981. The van der Waals surface area contributed by atoms with Crippen molar-refractivity contribution in [2.45, 2.75) is 6.18 Å². The van der Waals surface area contributed by atoms with Crippen LogP contribution in [0.2, 0.25) is 5.02 Å². The number of rotatable bonds is 6. The SMILES string of the molecule is COc1ccc(N(CC(=O)Nc2ccccc2C(F)(F)F)S(C)(=O)=O)cc1Cl. The third kappa shape index (κ3) is 5.29. The number of para-hydroxylation sites is 1. The van der Waals surface area contributed by atoms with E-state index in [2.05, 4.69) is 5.32 Å². The minimum atomic E-state index is -4.68. The third-order valence-electron chi connectivity index (χ3n) is 3.62. The number of amides is 1. The Kier molecular flexibility index (Phi) is 6.45. The van der Waals surface area contributed by atoms with Crippen LogP contribution < -0.4 is 14.4 Å². The summed E-state index contributed by atoms with van der Waals surface area (Å²) in [7, 11) is -2.55. The third-order valence-corrected chi connectivity index (χ3v) is 5.05. The van der Waals surface area contributed by atoms with E-state index in [4.69, 9.17) is 16.3 Å². The Labute approximate surface area is 164 Å². The summed E-state index contributed by atoms with van der Waals surface area (Å²) in [6, 6.07) is 8.44. The lowest BCUT2D eigenvalue weighted by Crippen LogP contribution is -2.37. The molecule has 0 aromatic heterocycles. The van der Waals surface area contributed by atoms with Crippen molar-refractivity contribution in [3.8, 4) is 5.75 Å². The molecular weight excluding hydrogens is 421 g/mol. The highest BCUT2D eigenvalue weighted by atomic mass is 35.5. The van der Waals surface area contributed by atoms with Gasteiger partial charge in [0.25, 0.3) is 0 Å². The number of benzene rings is 2. The molecule has 0 spiro atoms. The van der Waals surface area contributed by atoms with Gasteiger partial charge in [-0.1, -0.05) is 23.7 Å². The highest BCUT2D eigenvalue weighted by Gasteiger charge is 2.34. The van der Waals surface area contributed by atoms with Gasteiger partial charge in [-0.05, 0) is 30.3 Å². The van der Waals surface area contributed by atoms with Gasteiger partial charge in [0.2, 0.25) is 15.9 Å². The van der Waals surface area contributed by atoms with Crippen molar-refractivity contribution < 1.29 is 31.1 Å². The fourth-order valence-corrected chi connectivity index (χ4v) is 3.47. The van der Waals surface area contributed by atoms with Gasteiger partial charge >= 0.3 is 6.18 Å². The first-order chi connectivity index (χ1) is 12.9. The number of methoxy groups -OCH3 is 1. The van der Waals surface area contributed by atoms with Gasteiger partial charge in [0.05, 0.1) is 35.3 Å². The molecule has 2 aromatic carbocycles. The number of sulfonamides is 1. The topological polar surface area (TPSA) is 75.7 Å². The molecule has 1 amide bonds. The van der Waals surface area contributed by atoms with Crippen molar-refractivity contribution in [2.24, 2.45) is 0 Å². The van der Waals surface area contributed by atoms with Gasteiger partial charge in [0.1, 0.15) is 12.3 Å². The molecule has 0 aliphatic rings. The van der Waals surface area contributed by atoms with Crippen LogP contribution in [0.3, 0.4) is 0 Å². The first kappa shape index (κ1) is 21.8. The minimum absolute atomic E-state index is 0.0626. The zero-order valence-electron chi connectivity index (χ0n) is 14.7. The Morgan fingerprint density at radius 2 is 1.86 bits per heavy atom. The van der Waals surface area contributed by atoms with E-state index >= 15 is 0 Å². The molecule has 0 aliphatic carbocycles. The van der Waals surface area contributed by atoms with Crippen LogP contribution in [0.5, 0.6) is 5.75 Å². The van der Waals surface area contributed by atoms with Gasteiger partial charge in [-0.15, -0.1) is 0 Å². The van der Waals surface area contributed by atoms with Crippen molar-refractivity contribution in [1.82, 2.24) is 0 Å². The van der Waals surface area contributed by atoms with Crippen LogP contribution in [-0.2, 0) is 21.0 Å². The number of carbonyl (C=O) groups is 1. The van der Waals surface area contributed by atoms with Crippen molar-refractivity contribution in [3.63, 3.8) is 0 Å². The molecule has 2 aromatic rings. The van der Waals surface area contributed by atoms with Crippen molar-refractivity contribution in [3.05, 3.63) is 53.1 Å². The first-order valence-corrected chi connectivity index (χ1v) is 9.93. The molecule has 0 unspecified atom stereocenters. The maximum Gasteiger partial charge on any atom is 0.418 e. The number of nitrogens with zero attached hydrogens (tertiary/aromatic N) is 1. The molecule has 0 fully saturated rings. The minimum Gasteiger partial charge on any atom is -0.495 e. The van der Waals surface area contributed by atoms with E-state index in [1.807, 2.05) is 0 Å². The second-order valence-electron chi connectivity index (χ2n) is 5.68. The Hall–Kier alpha value is -2.46. The largest absolute Gasteiger partial charge is 0.495 e. The van der Waals surface area contributed by atoms with E-state index in [0.29, 0.717) is 5.75 Å². The van der Waals surface area contributed by atoms with Gasteiger partial charge in [0.15, 0.2) is 0 Å². The number of hydrogen-bond donors (Lipinski definition) is 1. The number of carbonyl (C=O) groups excluding carboxylic acids is 1. The van der Waals surface area contributed by atoms with Crippen LogP contribution in [0, 0.1) is 0 Å². The summed E-state index contributed by atoms with van der Waals surface area (Å²) < 4.78 is 69.1. The first-order valence-electron chi connectivity index (χ1n) is 7.71. The molecule has 0 bridgehead atoms. The summed E-state index contributed by atoms with van der Waals surface area (Å²) in [5.41, 5.74) is -1.45. The van der Waals surface area contributed by atoms with Gasteiger partial charge < -0.3 is 10.1 Å². The number of anilines is 2. The molecule has 2 rings (SSSR count). The van der Waals surface area contributed by atoms with Crippen LogP contribution in [0.1, 0.15) is 5.56 Å². The summed E-state index contributed by atoms with van der Waals surface area (Å²) >= 11 is 5.99. The number of nitrogens with one attached hydrogen (secondary N) is 1. The lowest BCUT2D eigenvalue weighted by Gasteiger charge is -2.23. The Balaban J connectivity index is 2.30. The maximum absolute atomic E-state index is 13.0. The van der Waals surface area contributed by atoms with Crippen molar-refractivity contribution in [2.75, 3.05) is 29.5 Å². The number of ether oxygens (including phenoxy) is 1. The zero-order chi connectivity index (χ0) is 21.1. The predicted octanol–water partition coefficient (Wildman–Crippen LogP) is 3.77. The van der Waals surface area contributed by atoms with Gasteiger partial charge in [-0.2, -0.15) is 13.2 Å². The highest BCUT2D eigenvalue weighted by Crippen LogP contribution is 2.35. The summed E-state index contributed by atoms with van der Waals surface area (Å²) in [6.07, 6.45) is -3.81. The number of halogens is 4. The average Bonchev–Trinajstić information content (AvgIpc) is 2.58. The van der Waals surface area contributed by atoms with Crippen LogP contribution >= 0.6 is 11.6 Å². The predicted molar refractivity (Wildman–Crippen MR) is 100 cm³/mol. The summed E-state index contributed by atoms with van der Waals surface area (Å²) in [4.78, 5) is 12.3. The molecule has 11 heteroatoms. The fraction of sp³-hybridized carbons (Fsp3) is 0.235. The molecule has 6 nitrogen and oxygen atoms in total. The van der Waals surface area contributed by atoms with Crippen LogP contribution in [0.15, 0.2) is 42.5 Å². The smallest absolute Gasteiger partial charge is 0.418 e. The molecule has 0 saturated carbocycles. The molecular formula is C17H16ClF3N2O4S. The molecule has 28 heavy (non-hydrogen) atoms. The second-order valence-corrected chi connectivity index (χ2v) is 7.99. The Morgan fingerprint density at radius 1 is 1.21 bits per heavy atom. The van der Waals surface area contributed by atoms with Gasteiger partial charge in [-0.25, -0.2) is 8.42 Å². The summed E-state index contributed by atoms with van der Waals surface area (Å²) in [5, 5.41) is 2.21. The standard InChI is InChI=1S/C17H16ClF3N2O4S/c1-27-15-8-7-11(9-13(15)18)23(28(2,25)26)10-16(24)22-14-6-4-3-5-12(14)17(19,20)21/h3-9H,10H2,1-2H3,(H,22,24). The maximum atomic E-state index is 13.0. The molecule has 1 N–H and O–H groups in total. The summed E-state index contributed by atoms with van der Waals surface area (Å²) in [5.74, 6) is -0.656. The average molecular weight is 437 g/mol. The van der Waals surface area contributed by atoms with E-state index in [-0.39, 0.29) is 10.7 Å². The molecule has 0 radical (unpaired) electrons. The van der Waals surface area contributed by atoms with Crippen LogP contribution in [0.25, 0.3) is 0 Å². The highest BCUT2D eigenvalue weighted by molar-refractivity contribution is 7.92. The lowest BCUT2D eigenvalue weighted by atomic mass is 10.1. The molecule has 0 atom stereocenters. The number of alkyl halides is 3. The quantitative estimate of drug-likeness (QED) is 0.748. The van der Waals surface area contributed by atoms with E-state index in [1.165, 1.54) is 37.4 Å². The molecule has 152 valence electrons. The van der Waals surface area contributed by atoms with Crippen molar-refractivity contribution >= 4 is 38.9 Å². The zero-order valence-corrected chi connectivity index (χ0v) is 16.3. The Morgan fingerprint density at radius 3 is 2.39 bits per heavy atom. The van der Waals surface area contributed by atoms with E-state index in [1.54, 1.807) is 0 Å². The monoisotopic (exact) mass is 436 g/mol. The lowest BCUT2D eigenvalue weighted by molar-refractivity contribution is -0.137. The van der Waals surface area contributed by atoms with Crippen LogP contribution in [0.4, 0.5) is 24.5 Å². The molecule has 0 aliphatic heterocycles. The summed E-state index contributed by atoms with van der Waals surface area (Å²) in [6.45, 7) is -0.742. The van der Waals surface area contributed by atoms with Crippen LogP contribution in [-0.4, -0.2) is 34.2 Å². The van der Waals surface area contributed by atoms with E-state index < -0.39 is 39.9 Å². The van der Waals surface area contributed by atoms with Gasteiger partial charge in [-0.3, -0.25) is 9.10 Å². The van der Waals surface area contributed by atoms with Crippen molar-refractivity contribution in [1.29, 1.82) is 0 Å². The fourth-order valence-electron chi connectivity index (χ4n) is 2.37. The van der Waals surface area contributed by atoms with E-state index in [0.717, 1.165) is 22.7 Å². The molecule has 0 heterocycles. The van der Waals surface area contributed by atoms with Gasteiger partial charge in [0, 0.05) is 0 Å². The number of hydrogen-bond acceptors (Lipinski definition) is 4.